The zero-order valence-electron chi connectivity index (χ0n) is 14.3. The highest BCUT2D eigenvalue weighted by atomic mass is 35.5. The van der Waals surface area contributed by atoms with E-state index >= 15 is 0 Å². The van der Waals surface area contributed by atoms with Gasteiger partial charge >= 0.3 is 0 Å². The molecule has 0 fully saturated rings. The number of hydrogen-bond donors (Lipinski definition) is 2. The van der Waals surface area contributed by atoms with Crippen molar-refractivity contribution >= 4 is 24.1 Å². The molecule has 0 aliphatic rings. The summed E-state index contributed by atoms with van der Waals surface area (Å²) in [5.74, 6) is -0.463. The molecule has 140 valence electrons. The Morgan fingerprint density at radius 2 is 1.67 bits per heavy atom. The van der Waals surface area contributed by atoms with Gasteiger partial charge in [0, 0.05) is 12.6 Å². The Morgan fingerprint density at radius 1 is 0.963 bits per heavy atom. The van der Waals surface area contributed by atoms with Gasteiger partial charge in [-0.05, 0) is 29.8 Å². The molecule has 0 bridgehead atoms. The Hall–Kier alpha value is -2.99. The molecule has 1 aromatic heterocycles. The lowest BCUT2D eigenvalue weighted by molar-refractivity contribution is 0.293. The third-order valence-electron chi connectivity index (χ3n) is 3.70. The van der Waals surface area contributed by atoms with Gasteiger partial charge in [-0.15, -0.1) is 12.4 Å². The maximum absolute atomic E-state index is 13.7. The number of ether oxygens (including phenoxy) is 1. The van der Waals surface area contributed by atoms with Crippen LogP contribution in [0.3, 0.4) is 0 Å². The fourth-order valence-corrected chi connectivity index (χ4v) is 2.41. The van der Waals surface area contributed by atoms with Gasteiger partial charge in [0.2, 0.25) is 0 Å². The van der Waals surface area contributed by atoms with E-state index in [2.05, 4.69) is 10.3 Å². The molecular weight excluding hydrogens is 372 g/mol. The Balaban J connectivity index is 0.00000261. The number of amidine groups is 1. The standard InChI is InChI=1S/C20H17F2N3O.ClH/c21-16-8-4-9-17(22)15(16)13-26-18-10-5-11-24-20(18)25-19(23)12-14-6-2-1-3-7-14;/h1-11H,12-13H2,(H2,23,24,25);1H. The fraction of sp³-hybridized carbons (Fsp3) is 0.100. The van der Waals surface area contributed by atoms with Crippen molar-refractivity contribution in [3.05, 3.63) is 89.6 Å². The summed E-state index contributed by atoms with van der Waals surface area (Å²) < 4.78 is 33.0. The third-order valence-corrected chi connectivity index (χ3v) is 3.70. The lowest BCUT2D eigenvalue weighted by Crippen LogP contribution is -2.15. The predicted molar refractivity (Wildman–Crippen MR) is 104 cm³/mol. The van der Waals surface area contributed by atoms with Crippen LogP contribution in [0.1, 0.15) is 11.1 Å². The van der Waals surface area contributed by atoms with Crippen molar-refractivity contribution in [3.8, 4) is 5.75 Å². The second kappa shape index (κ2) is 9.64. The first-order valence-corrected chi connectivity index (χ1v) is 8.02. The quantitative estimate of drug-likeness (QED) is 0.461. The van der Waals surface area contributed by atoms with E-state index in [-0.39, 0.29) is 30.4 Å². The van der Waals surface area contributed by atoms with E-state index < -0.39 is 11.6 Å². The molecule has 1 heterocycles. The number of pyridine rings is 1. The van der Waals surface area contributed by atoms with Crippen LogP contribution in [0.2, 0.25) is 0 Å². The smallest absolute Gasteiger partial charge is 0.174 e. The number of nitrogens with zero attached hydrogens (tertiary/aromatic N) is 1. The third kappa shape index (κ3) is 5.49. The first kappa shape index (κ1) is 20.3. The van der Waals surface area contributed by atoms with Gasteiger partial charge in [0.15, 0.2) is 11.6 Å². The van der Waals surface area contributed by atoms with Crippen LogP contribution >= 0.6 is 12.4 Å². The molecule has 0 spiro atoms. The minimum absolute atomic E-state index is 0. The Morgan fingerprint density at radius 3 is 2.37 bits per heavy atom. The largest absolute Gasteiger partial charge is 0.485 e. The number of nitrogens with one attached hydrogen (secondary N) is 2. The Bertz CT molecular complexity index is 886. The monoisotopic (exact) mass is 389 g/mol. The molecule has 0 saturated heterocycles. The van der Waals surface area contributed by atoms with Crippen LogP contribution in [-0.4, -0.2) is 10.8 Å². The molecule has 3 aromatic rings. The number of hydrogen-bond acceptors (Lipinski definition) is 3. The van der Waals surface area contributed by atoms with Crippen molar-refractivity contribution in [2.75, 3.05) is 5.32 Å². The zero-order valence-corrected chi connectivity index (χ0v) is 15.1. The highest BCUT2D eigenvalue weighted by Gasteiger charge is 2.12. The summed E-state index contributed by atoms with van der Waals surface area (Å²) in [4.78, 5) is 4.15. The molecule has 2 aromatic carbocycles. The highest BCUT2D eigenvalue weighted by Crippen LogP contribution is 2.23. The van der Waals surface area contributed by atoms with Crippen molar-refractivity contribution in [2.24, 2.45) is 0 Å². The topological polar surface area (TPSA) is 58.0 Å². The number of rotatable bonds is 6. The Labute approximate surface area is 162 Å². The molecule has 0 atom stereocenters. The molecule has 0 radical (unpaired) electrons. The van der Waals surface area contributed by atoms with Crippen LogP contribution in [0.4, 0.5) is 14.6 Å². The van der Waals surface area contributed by atoms with Crippen LogP contribution < -0.4 is 10.1 Å². The van der Waals surface area contributed by atoms with Gasteiger partial charge in [0.05, 0.1) is 5.56 Å². The van der Waals surface area contributed by atoms with E-state index in [1.165, 1.54) is 18.2 Å². The van der Waals surface area contributed by atoms with E-state index in [1.54, 1.807) is 18.3 Å². The van der Waals surface area contributed by atoms with Crippen molar-refractivity contribution in [1.29, 1.82) is 5.41 Å². The van der Waals surface area contributed by atoms with Crippen molar-refractivity contribution < 1.29 is 13.5 Å². The van der Waals surface area contributed by atoms with Crippen LogP contribution in [0, 0.1) is 17.0 Å². The van der Waals surface area contributed by atoms with Crippen LogP contribution in [0.15, 0.2) is 66.9 Å². The molecule has 27 heavy (non-hydrogen) atoms. The maximum atomic E-state index is 13.7. The number of anilines is 1. The fourth-order valence-electron chi connectivity index (χ4n) is 2.41. The summed E-state index contributed by atoms with van der Waals surface area (Å²) in [7, 11) is 0. The average Bonchev–Trinajstić information content (AvgIpc) is 2.63. The molecule has 3 rings (SSSR count). The summed E-state index contributed by atoms with van der Waals surface area (Å²) in [5.41, 5.74) is 0.832. The van der Waals surface area contributed by atoms with Gasteiger partial charge < -0.3 is 10.1 Å². The van der Waals surface area contributed by atoms with E-state index in [1.807, 2.05) is 30.3 Å². The van der Waals surface area contributed by atoms with Crippen LogP contribution in [0.5, 0.6) is 5.75 Å². The second-order valence-corrected chi connectivity index (χ2v) is 5.60. The molecule has 0 amide bonds. The number of halogens is 3. The predicted octanol–water partition coefficient (Wildman–Crippen LogP) is 4.99. The first-order chi connectivity index (χ1) is 12.6. The highest BCUT2D eigenvalue weighted by molar-refractivity contribution is 5.94. The van der Waals surface area contributed by atoms with Crippen LogP contribution in [0.25, 0.3) is 0 Å². The number of benzene rings is 2. The summed E-state index contributed by atoms with van der Waals surface area (Å²) in [6.45, 7) is -0.273. The number of aromatic nitrogens is 1. The zero-order chi connectivity index (χ0) is 18.4. The van der Waals surface area contributed by atoms with Gasteiger partial charge in [-0.2, -0.15) is 0 Å². The van der Waals surface area contributed by atoms with Gasteiger partial charge in [0.1, 0.15) is 24.1 Å². The molecule has 0 aliphatic carbocycles. The molecule has 2 N–H and O–H groups in total. The van der Waals surface area contributed by atoms with E-state index in [9.17, 15) is 8.78 Å². The second-order valence-electron chi connectivity index (χ2n) is 5.60. The minimum Gasteiger partial charge on any atom is -0.485 e. The maximum Gasteiger partial charge on any atom is 0.174 e. The molecular formula is C20H18ClF2N3O. The van der Waals surface area contributed by atoms with E-state index in [0.717, 1.165) is 5.56 Å². The summed E-state index contributed by atoms with van der Waals surface area (Å²) in [6.07, 6.45) is 1.95. The van der Waals surface area contributed by atoms with Gasteiger partial charge in [0.25, 0.3) is 0 Å². The summed E-state index contributed by atoms with van der Waals surface area (Å²) in [6, 6.07) is 16.5. The van der Waals surface area contributed by atoms with Gasteiger partial charge in [-0.1, -0.05) is 36.4 Å². The van der Waals surface area contributed by atoms with Crippen molar-refractivity contribution in [2.45, 2.75) is 13.0 Å². The Kier molecular flexibility index (Phi) is 7.25. The molecule has 7 heteroatoms. The lowest BCUT2D eigenvalue weighted by atomic mass is 10.1. The minimum atomic E-state index is -0.666. The van der Waals surface area contributed by atoms with Gasteiger partial charge in [-0.25, -0.2) is 13.8 Å². The SMILES string of the molecule is Cl.N=C(Cc1ccccc1)Nc1ncccc1OCc1c(F)cccc1F. The van der Waals surface area contributed by atoms with E-state index in [4.69, 9.17) is 10.1 Å². The van der Waals surface area contributed by atoms with Gasteiger partial charge in [-0.3, -0.25) is 5.41 Å². The summed E-state index contributed by atoms with van der Waals surface area (Å²) in [5, 5.41) is 11.0. The molecule has 0 aliphatic heterocycles. The molecule has 4 nitrogen and oxygen atoms in total. The van der Waals surface area contributed by atoms with Crippen molar-refractivity contribution in [3.63, 3.8) is 0 Å². The van der Waals surface area contributed by atoms with E-state index in [0.29, 0.717) is 18.0 Å². The molecule has 0 unspecified atom stereocenters. The average molecular weight is 390 g/mol. The normalized spacial score (nSPS) is 10.0. The van der Waals surface area contributed by atoms with Crippen LogP contribution in [-0.2, 0) is 13.0 Å². The van der Waals surface area contributed by atoms with Crippen molar-refractivity contribution in [1.82, 2.24) is 4.98 Å². The summed E-state index contributed by atoms with van der Waals surface area (Å²) >= 11 is 0. The first-order valence-electron chi connectivity index (χ1n) is 8.02. The lowest BCUT2D eigenvalue weighted by Gasteiger charge is -2.13. The molecule has 0 saturated carbocycles.